The van der Waals surface area contributed by atoms with E-state index in [1.165, 1.54) is 6.20 Å². The first-order chi connectivity index (χ1) is 15.3. The lowest BCUT2D eigenvalue weighted by atomic mass is 9.81. The van der Waals surface area contributed by atoms with Gasteiger partial charge in [-0.05, 0) is 49.3 Å². The summed E-state index contributed by atoms with van der Waals surface area (Å²) >= 11 is 0. The van der Waals surface area contributed by atoms with Crippen LogP contribution in [-0.4, -0.2) is 56.3 Å². The van der Waals surface area contributed by atoms with Crippen molar-refractivity contribution in [3.05, 3.63) is 39.8 Å². The molecule has 2 aromatic heterocycles. The van der Waals surface area contributed by atoms with Gasteiger partial charge in [-0.2, -0.15) is 5.10 Å². The van der Waals surface area contributed by atoms with Crippen molar-refractivity contribution in [3.8, 4) is 0 Å². The maximum atomic E-state index is 13.3. The summed E-state index contributed by atoms with van der Waals surface area (Å²) in [7, 11) is 0. The lowest BCUT2D eigenvalue weighted by molar-refractivity contribution is -0.114. The smallest absolute Gasteiger partial charge is 0.259 e. The van der Waals surface area contributed by atoms with Crippen LogP contribution in [0.3, 0.4) is 0 Å². The Morgan fingerprint density at radius 3 is 2.59 bits per heavy atom. The minimum absolute atomic E-state index is 0.0789. The number of hydrogen-bond donors (Lipinski definition) is 2. The van der Waals surface area contributed by atoms with Gasteiger partial charge in [-0.15, -0.1) is 0 Å². The molecule has 32 heavy (non-hydrogen) atoms. The van der Waals surface area contributed by atoms with E-state index in [0.717, 1.165) is 18.4 Å². The number of amides is 1. The normalized spacial score (nSPS) is 19.6. The Kier molecular flexibility index (Phi) is 5.03. The molecular formula is C23H26F2N4O3. The van der Waals surface area contributed by atoms with Crippen LogP contribution in [0.4, 0.5) is 8.78 Å². The number of nitrogens with one attached hydrogen (secondary N) is 1. The number of hydrogen-bond acceptors (Lipinski definition) is 4. The second-order valence-electron chi connectivity index (χ2n) is 9.30. The van der Waals surface area contributed by atoms with Gasteiger partial charge >= 0.3 is 0 Å². The fourth-order valence-corrected chi connectivity index (χ4v) is 5.05. The highest BCUT2D eigenvalue weighted by Crippen LogP contribution is 2.43. The number of nitrogens with zero attached hydrogens (tertiary/aromatic N) is 3. The van der Waals surface area contributed by atoms with Gasteiger partial charge < -0.3 is 15.0 Å². The summed E-state index contributed by atoms with van der Waals surface area (Å²) in [4.78, 5) is 30.5. The predicted molar refractivity (Wildman–Crippen MR) is 116 cm³/mol. The van der Waals surface area contributed by atoms with Crippen LogP contribution >= 0.6 is 0 Å². The zero-order valence-electron chi connectivity index (χ0n) is 17.9. The number of piperidine rings is 1. The van der Waals surface area contributed by atoms with Gasteiger partial charge in [-0.1, -0.05) is 0 Å². The van der Waals surface area contributed by atoms with Crippen LogP contribution in [0.15, 0.2) is 23.1 Å². The van der Waals surface area contributed by atoms with Crippen LogP contribution in [-0.2, 0) is 6.54 Å². The first kappa shape index (κ1) is 21.1. The summed E-state index contributed by atoms with van der Waals surface area (Å²) in [5, 5.41) is 14.7. The van der Waals surface area contributed by atoms with Crippen molar-refractivity contribution in [2.75, 3.05) is 19.7 Å². The molecule has 170 valence electrons. The minimum Gasteiger partial charge on any atom is -0.396 e. The third-order valence-electron chi connectivity index (χ3n) is 6.95. The fraction of sp³-hybridized carbons (Fsp3) is 0.522. The van der Waals surface area contributed by atoms with Gasteiger partial charge in [0.25, 0.3) is 11.5 Å². The molecule has 7 nitrogen and oxygen atoms in total. The number of aliphatic hydroxyl groups excluding tert-OH is 1. The summed E-state index contributed by atoms with van der Waals surface area (Å²) in [5.74, 6) is -2.66. The molecule has 5 rings (SSSR count). The molecule has 3 heterocycles. The van der Waals surface area contributed by atoms with Gasteiger partial charge in [0.2, 0.25) is 5.92 Å². The number of aliphatic hydroxyl groups is 1. The van der Waals surface area contributed by atoms with Crippen LogP contribution in [0.1, 0.15) is 41.6 Å². The number of alkyl halides is 2. The summed E-state index contributed by atoms with van der Waals surface area (Å²) in [6.45, 7) is 3.47. The quantitative estimate of drug-likeness (QED) is 0.647. The largest absolute Gasteiger partial charge is 0.396 e. The molecule has 1 amide bonds. The number of aromatic nitrogens is 3. The van der Waals surface area contributed by atoms with E-state index in [-0.39, 0.29) is 42.8 Å². The van der Waals surface area contributed by atoms with E-state index in [9.17, 15) is 23.5 Å². The average Bonchev–Trinajstić information content (AvgIpc) is 3.16. The Bertz CT molecular complexity index is 1250. The van der Waals surface area contributed by atoms with Crippen LogP contribution in [0.5, 0.6) is 0 Å². The molecule has 1 saturated carbocycles. The van der Waals surface area contributed by atoms with Crippen LogP contribution in [0.25, 0.3) is 21.8 Å². The lowest BCUT2D eigenvalue weighted by Crippen LogP contribution is -2.39. The second-order valence-corrected chi connectivity index (χ2v) is 9.30. The van der Waals surface area contributed by atoms with Gasteiger partial charge in [-0.25, -0.2) is 8.78 Å². The Morgan fingerprint density at radius 2 is 1.94 bits per heavy atom. The van der Waals surface area contributed by atoms with Gasteiger partial charge in [-0.3, -0.25) is 14.3 Å². The topological polar surface area (TPSA) is 91.2 Å². The Hall–Kier alpha value is -2.81. The number of carbonyl (C=O) groups is 1. The molecule has 1 aliphatic carbocycles. The predicted octanol–water partition coefficient (Wildman–Crippen LogP) is 3.08. The second kappa shape index (κ2) is 7.65. The number of carbonyl (C=O) groups excluding carboxylic acids is 1. The number of fused-ring (bicyclic) bond motifs is 3. The van der Waals surface area contributed by atoms with Gasteiger partial charge in [0.1, 0.15) is 0 Å². The van der Waals surface area contributed by atoms with Crippen molar-refractivity contribution in [1.29, 1.82) is 0 Å². The number of H-pyrrole nitrogens is 1. The van der Waals surface area contributed by atoms with E-state index in [1.54, 1.807) is 21.7 Å². The third-order valence-corrected chi connectivity index (χ3v) is 6.95. The minimum atomic E-state index is -2.62. The van der Waals surface area contributed by atoms with Crippen LogP contribution in [0.2, 0.25) is 0 Å². The lowest BCUT2D eigenvalue weighted by Gasteiger charge is -2.34. The van der Waals surface area contributed by atoms with Gasteiger partial charge in [0.05, 0.1) is 22.6 Å². The highest BCUT2D eigenvalue weighted by Gasteiger charge is 2.45. The molecule has 1 aliphatic heterocycles. The molecule has 9 heteroatoms. The van der Waals surface area contributed by atoms with Gasteiger partial charge in [0, 0.05) is 50.0 Å². The third kappa shape index (κ3) is 3.58. The molecule has 0 bridgehead atoms. The molecule has 1 saturated heterocycles. The molecule has 0 spiro atoms. The van der Waals surface area contributed by atoms with Crippen LogP contribution in [0, 0.1) is 18.8 Å². The first-order valence-corrected chi connectivity index (χ1v) is 11.1. The molecule has 2 aliphatic rings. The van der Waals surface area contributed by atoms with Crippen molar-refractivity contribution < 1.29 is 18.7 Å². The molecule has 3 aromatic rings. The molecule has 1 aromatic carbocycles. The van der Waals surface area contributed by atoms with E-state index in [0.29, 0.717) is 47.0 Å². The van der Waals surface area contributed by atoms with Crippen molar-refractivity contribution >= 4 is 27.7 Å². The van der Waals surface area contributed by atoms with Gasteiger partial charge in [0.15, 0.2) is 0 Å². The summed E-state index contributed by atoms with van der Waals surface area (Å²) in [5.41, 5.74) is 2.19. The van der Waals surface area contributed by atoms with E-state index < -0.39 is 5.92 Å². The Morgan fingerprint density at radius 1 is 1.22 bits per heavy atom. The molecule has 0 radical (unpaired) electrons. The maximum Gasteiger partial charge on any atom is 0.259 e. The Labute approximate surface area is 183 Å². The van der Waals surface area contributed by atoms with E-state index in [4.69, 9.17) is 0 Å². The van der Waals surface area contributed by atoms with Crippen molar-refractivity contribution in [3.63, 3.8) is 0 Å². The highest BCUT2D eigenvalue weighted by molar-refractivity contribution is 6.07. The van der Waals surface area contributed by atoms with E-state index in [1.807, 2.05) is 6.92 Å². The maximum absolute atomic E-state index is 13.3. The number of pyridine rings is 1. The standard InChI is InChI=1S/C23H26F2N4O3/c1-13-6-19-17(7-16(13)22(32)28-4-2-14(12-30)3-5-28)20-18(21(31)27-19)10-26-29(20)11-15-8-23(24,25)9-15/h6-7,10,14-15,30H,2-5,8-9,11-12H2,1H3,(H,27,31). The zero-order valence-corrected chi connectivity index (χ0v) is 17.9. The monoisotopic (exact) mass is 444 g/mol. The molecular weight excluding hydrogens is 418 g/mol. The molecule has 0 unspecified atom stereocenters. The Balaban J connectivity index is 1.54. The first-order valence-electron chi connectivity index (χ1n) is 11.1. The summed E-state index contributed by atoms with van der Waals surface area (Å²) in [6.07, 6.45) is 2.64. The number of aromatic amines is 1. The average molecular weight is 444 g/mol. The molecule has 0 atom stereocenters. The number of halogens is 2. The van der Waals surface area contributed by atoms with Crippen molar-refractivity contribution in [1.82, 2.24) is 19.7 Å². The molecule has 2 fully saturated rings. The summed E-state index contributed by atoms with van der Waals surface area (Å²) < 4.78 is 28.3. The van der Waals surface area contributed by atoms with E-state index in [2.05, 4.69) is 10.1 Å². The number of likely N-dealkylation sites (tertiary alicyclic amines) is 1. The number of rotatable bonds is 4. The van der Waals surface area contributed by atoms with Crippen molar-refractivity contribution in [2.45, 2.75) is 45.1 Å². The van der Waals surface area contributed by atoms with E-state index >= 15 is 0 Å². The van der Waals surface area contributed by atoms with Crippen LogP contribution < -0.4 is 5.56 Å². The van der Waals surface area contributed by atoms with Crippen molar-refractivity contribution in [2.24, 2.45) is 11.8 Å². The SMILES string of the molecule is Cc1cc2[nH]c(=O)c3cnn(CC4CC(F)(F)C4)c3c2cc1C(=O)N1CCC(CO)CC1. The fourth-order valence-electron chi connectivity index (χ4n) is 5.05. The number of benzene rings is 1. The summed E-state index contributed by atoms with van der Waals surface area (Å²) in [6, 6.07) is 3.58. The highest BCUT2D eigenvalue weighted by atomic mass is 19.3. The molecule has 2 N–H and O–H groups in total. The zero-order chi connectivity index (χ0) is 22.6. The number of aryl methyl sites for hydroxylation is 1.